The molecular formula is C19H34O3. The molecule has 128 valence electrons. The molecular weight excluding hydrogens is 276 g/mol. The largest absolute Gasteiger partial charge is 0.481 e. The molecule has 0 aromatic rings. The summed E-state index contributed by atoms with van der Waals surface area (Å²) in [6.07, 6.45) is 16.6. The Bertz CT molecular complexity index is 321. The van der Waals surface area contributed by atoms with Crippen molar-refractivity contribution in [1.82, 2.24) is 0 Å². The number of rotatable bonds is 15. The normalized spacial score (nSPS) is 12.6. The van der Waals surface area contributed by atoms with E-state index < -0.39 is 5.97 Å². The summed E-state index contributed by atoms with van der Waals surface area (Å²) in [4.78, 5) is 22.0. The predicted octanol–water partition coefficient (Wildman–Crippen LogP) is 5.53. The summed E-state index contributed by atoms with van der Waals surface area (Å²) >= 11 is 0. The summed E-state index contributed by atoms with van der Waals surface area (Å²) in [7, 11) is 0. The van der Waals surface area contributed by atoms with E-state index in [0.717, 1.165) is 38.5 Å². The SMILES string of the molecule is CCCCCCCC=CC(CCCCCCC(=O)O)C(C)=O. The molecule has 0 rings (SSSR count). The highest BCUT2D eigenvalue weighted by molar-refractivity contribution is 5.79. The van der Waals surface area contributed by atoms with Crippen molar-refractivity contribution in [3.63, 3.8) is 0 Å². The molecule has 3 heteroatoms. The third-order valence-electron chi connectivity index (χ3n) is 4.02. The molecule has 0 aliphatic heterocycles. The second kappa shape index (κ2) is 14.8. The standard InChI is InChI=1S/C19H34O3/c1-3-4-5-6-7-8-11-14-18(17(2)20)15-12-9-10-13-16-19(21)22/h11,14,18H,3-10,12-13,15-16H2,1-2H3,(H,21,22). The Morgan fingerprint density at radius 1 is 0.955 bits per heavy atom. The zero-order valence-electron chi connectivity index (χ0n) is 14.5. The van der Waals surface area contributed by atoms with Gasteiger partial charge in [-0.1, -0.05) is 64.0 Å². The number of carboxylic acid groups (broad SMARTS) is 1. The lowest BCUT2D eigenvalue weighted by Crippen LogP contribution is -2.07. The minimum atomic E-state index is -0.719. The Balaban J connectivity index is 3.72. The third kappa shape index (κ3) is 13.8. The van der Waals surface area contributed by atoms with Gasteiger partial charge in [-0.2, -0.15) is 0 Å². The number of ketones is 1. The minimum Gasteiger partial charge on any atom is -0.481 e. The lowest BCUT2D eigenvalue weighted by Gasteiger charge is -2.08. The first-order valence-corrected chi connectivity index (χ1v) is 8.96. The van der Waals surface area contributed by atoms with E-state index >= 15 is 0 Å². The monoisotopic (exact) mass is 310 g/mol. The summed E-state index contributed by atoms with van der Waals surface area (Å²) in [6, 6.07) is 0. The fourth-order valence-corrected chi connectivity index (χ4v) is 2.56. The quantitative estimate of drug-likeness (QED) is 0.319. The van der Waals surface area contributed by atoms with Gasteiger partial charge in [-0.05, 0) is 32.6 Å². The molecule has 0 heterocycles. The number of allylic oxidation sites excluding steroid dienone is 2. The zero-order chi connectivity index (χ0) is 16.6. The summed E-state index contributed by atoms with van der Waals surface area (Å²) in [5.74, 6) is -0.425. The molecule has 3 nitrogen and oxygen atoms in total. The van der Waals surface area contributed by atoms with Crippen molar-refractivity contribution in [3.8, 4) is 0 Å². The lowest BCUT2D eigenvalue weighted by atomic mass is 9.96. The highest BCUT2D eigenvalue weighted by Crippen LogP contribution is 2.15. The average molecular weight is 310 g/mol. The molecule has 0 aromatic carbocycles. The topological polar surface area (TPSA) is 54.4 Å². The van der Waals surface area contributed by atoms with Crippen LogP contribution in [0.15, 0.2) is 12.2 Å². The molecule has 1 atom stereocenters. The van der Waals surface area contributed by atoms with E-state index in [-0.39, 0.29) is 18.1 Å². The zero-order valence-corrected chi connectivity index (χ0v) is 14.5. The van der Waals surface area contributed by atoms with Crippen LogP contribution >= 0.6 is 0 Å². The van der Waals surface area contributed by atoms with E-state index in [0.29, 0.717) is 0 Å². The van der Waals surface area contributed by atoms with Crippen LogP contribution in [0.4, 0.5) is 0 Å². The molecule has 0 bridgehead atoms. The van der Waals surface area contributed by atoms with Crippen molar-refractivity contribution in [2.75, 3.05) is 0 Å². The van der Waals surface area contributed by atoms with Crippen LogP contribution in [0.25, 0.3) is 0 Å². The van der Waals surface area contributed by atoms with Crippen molar-refractivity contribution in [1.29, 1.82) is 0 Å². The van der Waals surface area contributed by atoms with Crippen LogP contribution in [0.5, 0.6) is 0 Å². The number of aliphatic carboxylic acids is 1. The maximum Gasteiger partial charge on any atom is 0.303 e. The van der Waals surface area contributed by atoms with Crippen molar-refractivity contribution >= 4 is 11.8 Å². The number of hydrogen-bond acceptors (Lipinski definition) is 2. The first-order chi connectivity index (χ1) is 10.6. The van der Waals surface area contributed by atoms with Crippen molar-refractivity contribution < 1.29 is 14.7 Å². The summed E-state index contributed by atoms with van der Waals surface area (Å²) < 4.78 is 0. The van der Waals surface area contributed by atoms with Gasteiger partial charge in [0.1, 0.15) is 5.78 Å². The second-order valence-electron chi connectivity index (χ2n) is 6.19. The Hall–Kier alpha value is -1.12. The van der Waals surface area contributed by atoms with Crippen LogP contribution in [0, 0.1) is 5.92 Å². The minimum absolute atomic E-state index is 0.0510. The number of hydrogen-bond donors (Lipinski definition) is 1. The number of carbonyl (C=O) groups excluding carboxylic acids is 1. The van der Waals surface area contributed by atoms with Gasteiger partial charge in [0.05, 0.1) is 0 Å². The van der Waals surface area contributed by atoms with E-state index in [2.05, 4.69) is 19.1 Å². The molecule has 0 saturated heterocycles. The molecule has 1 N–H and O–H groups in total. The van der Waals surface area contributed by atoms with Gasteiger partial charge in [0.25, 0.3) is 0 Å². The summed E-state index contributed by atoms with van der Waals surface area (Å²) in [5.41, 5.74) is 0. The van der Waals surface area contributed by atoms with Crippen molar-refractivity contribution in [2.45, 2.75) is 90.9 Å². The Labute approximate surface area is 136 Å². The fourth-order valence-electron chi connectivity index (χ4n) is 2.56. The maximum absolute atomic E-state index is 11.6. The van der Waals surface area contributed by atoms with Crippen LogP contribution in [0.1, 0.15) is 90.9 Å². The molecule has 0 aliphatic rings. The van der Waals surface area contributed by atoms with Crippen molar-refractivity contribution in [3.05, 3.63) is 12.2 Å². The van der Waals surface area contributed by atoms with E-state index in [9.17, 15) is 9.59 Å². The van der Waals surface area contributed by atoms with E-state index in [1.54, 1.807) is 6.92 Å². The number of unbranched alkanes of at least 4 members (excludes halogenated alkanes) is 8. The van der Waals surface area contributed by atoms with Crippen molar-refractivity contribution in [2.24, 2.45) is 5.92 Å². The Kier molecular flexibility index (Phi) is 14.0. The molecule has 0 amide bonds. The van der Waals surface area contributed by atoms with Gasteiger partial charge in [-0.3, -0.25) is 9.59 Å². The van der Waals surface area contributed by atoms with Gasteiger partial charge < -0.3 is 5.11 Å². The first kappa shape index (κ1) is 20.9. The fraction of sp³-hybridized carbons (Fsp3) is 0.789. The number of Topliss-reactive ketones (excluding diaryl/α,β-unsaturated/α-hetero) is 1. The van der Waals surface area contributed by atoms with Gasteiger partial charge in [-0.15, -0.1) is 0 Å². The lowest BCUT2D eigenvalue weighted by molar-refractivity contribution is -0.137. The molecule has 0 aromatic heterocycles. The molecule has 0 aliphatic carbocycles. The molecule has 0 fully saturated rings. The van der Waals surface area contributed by atoms with Crippen LogP contribution in [-0.4, -0.2) is 16.9 Å². The highest BCUT2D eigenvalue weighted by Gasteiger charge is 2.09. The van der Waals surface area contributed by atoms with E-state index in [1.165, 1.54) is 32.1 Å². The predicted molar refractivity (Wildman–Crippen MR) is 92.0 cm³/mol. The van der Waals surface area contributed by atoms with Crippen LogP contribution in [0.2, 0.25) is 0 Å². The summed E-state index contributed by atoms with van der Waals surface area (Å²) in [6.45, 7) is 3.89. The smallest absolute Gasteiger partial charge is 0.303 e. The highest BCUT2D eigenvalue weighted by atomic mass is 16.4. The molecule has 1 unspecified atom stereocenters. The molecule has 0 radical (unpaired) electrons. The Morgan fingerprint density at radius 2 is 1.59 bits per heavy atom. The second-order valence-corrected chi connectivity index (χ2v) is 6.19. The molecule has 0 saturated carbocycles. The van der Waals surface area contributed by atoms with Crippen LogP contribution in [-0.2, 0) is 9.59 Å². The Morgan fingerprint density at radius 3 is 2.23 bits per heavy atom. The van der Waals surface area contributed by atoms with Gasteiger partial charge >= 0.3 is 5.97 Å². The van der Waals surface area contributed by atoms with Gasteiger partial charge in [0.2, 0.25) is 0 Å². The third-order valence-corrected chi connectivity index (χ3v) is 4.02. The van der Waals surface area contributed by atoms with E-state index in [1.807, 2.05) is 0 Å². The first-order valence-electron chi connectivity index (χ1n) is 8.96. The van der Waals surface area contributed by atoms with Crippen LogP contribution < -0.4 is 0 Å². The average Bonchev–Trinajstić information content (AvgIpc) is 2.46. The van der Waals surface area contributed by atoms with E-state index in [4.69, 9.17) is 5.11 Å². The van der Waals surface area contributed by atoms with Gasteiger partial charge in [-0.25, -0.2) is 0 Å². The molecule has 22 heavy (non-hydrogen) atoms. The van der Waals surface area contributed by atoms with Gasteiger partial charge in [0, 0.05) is 12.3 Å². The number of carboxylic acids is 1. The summed E-state index contributed by atoms with van der Waals surface area (Å²) in [5, 5.41) is 8.57. The van der Waals surface area contributed by atoms with Crippen LogP contribution in [0.3, 0.4) is 0 Å². The maximum atomic E-state index is 11.6. The van der Waals surface area contributed by atoms with Gasteiger partial charge in [0.15, 0.2) is 0 Å². The molecule has 0 spiro atoms. The number of carbonyl (C=O) groups is 2.